The first-order chi connectivity index (χ1) is 6.72. The van der Waals surface area contributed by atoms with Crippen molar-refractivity contribution in [3.8, 4) is 0 Å². The molecular formula is C10H15N3O. The number of hydrogen-bond donors (Lipinski definition) is 1. The molecule has 1 rings (SSSR count). The number of rotatable bonds is 5. The van der Waals surface area contributed by atoms with Gasteiger partial charge in [-0.25, -0.2) is 0 Å². The highest BCUT2D eigenvalue weighted by Crippen LogP contribution is 1.94. The molecule has 1 heterocycles. The molecule has 0 bridgehead atoms. The molecule has 1 aromatic rings. The van der Waals surface area contributed by atoms with Crippen LogP contribution < -0.4 is 5.32 Å². The van der Waals surface area contributed by atoms with Crippen molar-refractivity contribution < 1.29 is 4.79 Å². The Morgan fingerprint density at radius 1 is 1.79 bits per heavy atom. The molecule has 1 amide bonds. The topological polar surface area (TPSA) is 46.9 Å². The van der Waals surface area contributed by atoms with E-state index in [0.29, 0.717) is 19.5 Å². The molecular weight excluding hydrogens is 178 g/mol. The van der Waals surface area contributed by atoms with E-state index >= 15 is 0 Å². The first kappa shape index (κ1) is 10.5. The zero-order valence-corrected chi connectivity index (χ0v) is 8.36. The number of hydrogen-bond acceptors (Lipinski definition) is 2. The number of amides is 1. The average molecular weight is 193 g/mol. The van der Waals surface area contributed by atoms with E-state index in [2.05, 4.69) is 17.0 Å². The maximum atomic E-state index is 11.2. The largest absolute Gasteiger partial charge is 0.353 e. The summed E-state index contributed by atoms with van der Waals surface area (Å²) in [6, 6.07) is 1.92. The van der Waals surface area contributed by atoms with Crippen LogP contribution in [-0.2, 0) is 11.3 Å². The van der Waals surface area contributed by atoms with Crippen LogP contribution in [0.4, 0.5) is 0 Å². The maximum Gasteiger partial charge on any atom is 0.222 e. The van der Waals surface area contributed by atoms with Gasteiger partial charge < -0.3 is 5.32 Å². The Bertz CT molecular complexity index is 317. The van der Waals surface area contributed by atoms with Crippen molar-refractivity contribution in [1.82, 2.24) is 15.1 Å². The van der Waals surface area contributed by atoms with E-state index < -0.39 is 0 Å². The lowest BCUT2D eigenvalue weighted by Gasteiger charge is -2.02. The Morgan fingerprint density at radius 2 is 2.57 bits per heavy atom. The highest BCUT2D eigenvalue weighted by Gasteiger charge is 2.00. The van der Waals surface area contributed by atoms with E-state index in [9.17, 15) is 4.79 Å². The quantitative estimate of drug-likeness (QED) is 0.706. The third kappa shape index (κ3) is 3.43. The van der Waals surface area contributed by atoms with Crippen LogP contribution in [0.25, 0.3) is 0 Å². The first-order valence-electron chi connectivity index (χ1n) is 4.60. The zero-order valence-electron chi connectivity index (χ0n) is 8.36. The predicted octanol–water partition coefficient (Wildman–Crippen LogP) is 0.884. The van der Waals surface area contributed by atoms with E-state index in [1.807, 2.05) is 19.2 Å². The second kappa shape index (κ2) is 5.21. The van der Waals surface area contributed by atoms with Gasteiger partial charge in [-0.2, -0.15) is 5.10 Å². The fraction of sp³-hybridized carbons (Fsp3) is 0.400. The van der Waals surface area contributed by atoms with E-state index in [-0.39, 0.29) is 5.91 Å². The Morgan fingerprint density at radius 3 is 3.14 bits per heavy atom. The maximum absolute atomic E-state index is 11.2. The van der Waals surface area contributed by atoms with Gasteiger partial charge in [-0.1, -0.05) is 6.08 Å². The third-order valence-electron chi connectivity index (χ3n) is 1.79. The molecule has 0 unspecified atom stereocenters. The molecule has 14 heavy (non-hydrogen) atoms. The Labute approximate surface area is 83.6 Å². The molecule has 0 aliphatic heterocycles. The fourth-order valence-electron chi connectivity index (χ4n) is 1.08. The van der Waals surface area contributed by atoms with Crippen molar-refractivity contribution in [2.75, 3.05) is 6.54 Å². The van der Waals surface area contributed by atoms with Crippen LogP contribution in [0.5, 0.6) is 0 Å². The van der Waals surface area contributed by atoms with E-state index in [1.165, 1.54) is 0 Å². The standard InChI is InChI=1S/C10H15N3O/c1-3-6-11-10(14)5-8-13-7-4-9(2)12-13/h3-4,7H,1,5-6,8H2,2H3,(H,11,14). The summed E-state index contributed by atoms with van der Waals surface area (Å²) in [6.45, 7) is 6.59. The number of aromatic nitrogens is 2. The molecule has 0 radical (unpaired) electrons. The molecule has 0 aliphatic rings. The lowest BCUT2D eigenvalue weighted by atomic mass is 10.4. The number of aryl methyl sites for hydroxylation is 2. The summed E-state index contributed by atoms with van der Waals surface area (Å²) in [5, 5.41) is 6.89. The second-order valence-electron chi connectivity index (χ2n) is 3.06. The molecule has 0 spiro atoms. The van der Waals surface area contributed by atoms with Gasteiger partial charge >= 0.3 is 0 Å². The summed E-state index contributed by atoms with van der Waals surface area (Å²) in [5.74, 6) is 0.0260. The van der Waals surface area contributed by atoms with Crippen molar-refractivity contribution in [1.29, 1.82) is 0 Å². The van der Waals surface area contributed by atoms with Crippen LogP contribution in [0.15, 0.2) is 24.9 Å². The number of nitrogens with one attached hydrogen (secondary N) is 1. The molecule has 0 saturated carbocycles. The van der Waals surface area contributed by atoms with Gasteiger partial charge in [0.25, 0.3) is 0 Å². The van der Waals surface area contributed by atoms with E-state index in [0.717, 1.165) is 5.69 Å². The number of carbonyl (C=O) groups is 1. The van der Waals surface area contributed by atoms with Gasteiger partial charge in [-0.3, -0.25) is 9.48 Å². The molecule has 76 valence electrons. The van der Waals surface area contributed by atoms with Crippen LogP contribution in [0, 0.1) is 6.92 Å². The molecule has 0 aliphatic carbocycles. The molecule has 0 aromatic carbocycles. The summed E-state index contributed by atoms with van der Waals surface area (Å²) < 4.78 is 1.77. The summed E-state index contributed by atoms with van der Waals surface area (Å²) in [7, 11) is 0. The monoisotopic (exact) mass is 193 g/mol. The second-order valence-corrected chi connectivity index (χ2v) is 3.06. The van der Waals surface area contributed by atoms with Crippen LogP contribution in [-0.4, -0.2) is 22.2 Å². The van der Waals surface area contributed by atoms with Gasteiger partial charge in [0, 0.05) is 25.7 Å². The molecule has 1 N–H and O–H groups in total. The lowest BCUT2D eigenvalue weighted by Crippen LogP contribution is -2.24. The zero-order chi connectivity index (χ0) is 10.4. The summed E-state index contributed by atoms with van der Waals surface area (Å²) in [6.07, 6.45) is 3.99. The highest BCUT2D eigenvalue weighted by atomic mass is 16.1. The minimum Gasteiger partial charge on any atom is -0.353 e. The Hall–Kier alpha value is -1.58. The SMILES string of the molecule is C=CCNC(=O)CCn1ccc(C)n1. The van der Waals surface area contributed by atoms with Crippen molar-refractivity contribution in [3.63, 3.8) is 0 Å². The van der Waals surface area contributed by atoms with E-state index in [1.54, 1.807) is 10.8 Å². The van der Waals surface area contributed by atoms with Crippen molar-refractivity contribution in [3.05, 3.63) is 30.6 Å². The van der Waals surface area contributed by atoms with Gasteiger partial charge in [0.15, 0.2) is 0 Å². The fourth-order valence-corrected chi connectivity index (χ4v) is 1.08. The predicted molar refractivity (Wildman–Crippen MR) is 54.8 cm³/mol. The molecule has 1 aromatic heterocycles. The van der Waals surface area contributed by atoms with Gasteiger partial charge in [0.1, 0.15) is 0 Å². The van der Waals surface area contributed by atoms with Gasteiger partial charge in [0.2, 0.25) is 5.91 Å². The average Bonchev–Trinajstić information content (AvgIpc) is 2.58. The molecule has 0 fully saturated rings. The lowest BCUT2D eigenvalue weighted by molar-refractivity contribution is -0.121. The minimum atomic E-state index is 0.0260. The summed E-state index contributed by atoms with van der Waals surface area (Å²) in [4.78, 5) is 11.2. The molecule has 0 atom stereocenters. The Kier molecular flexibility index (Phi) is 3.91. The summed E-state index contributed by atoms with van der Waals surface area (Å²) >= 11 is 0. The Balaban J connectivity index is 2.26. The van der Waals surface area contributed by atoms with Crippen LogP contribution in [0.1, 0.15) is 12.1 Å². The first-order valence-corrected chi connectivity index (χ1v) is 4.60. The molecule has 4 heteroatoms. The van der Waals surface area contributed by atoms with Crippen molar-refractivity contribution in [2.24, 2.45) is 0 Å². The van der Waals surface area contributed by atoms with Crippen molar-refractivity contribution in [2.45, 2.75) is 19.9 Å². The van der Waals surface area contributed by atoms with Gasteiger partial charge in [-0.05, 0) is 13.0 Å². The van der Waals surface area contributed by atoms with E-state index in [4.69, 9.17) is 0 Å². The third-order valence-corrected chi connectivity index (χ3v) is 1.79. The number of nitrogens with zero attached hydrogens (tertiary/aromatic N) is 2. The highest BCUT2D eigenvalue weighted by molar-refractivity contribution is 5.75. The van der Waals surface area contributed by atoms with Crippen LogP contribution >= 0.6 is 0 Å². The number of carbonyl (C=O) groups excluding carboxylic acids is 1. The normalized spacial score (nSPS) is 9.79. The summed E-state index contributed by atoms with van der Waals surface area (Å²) in [5.41, 5.74) is 0.969. The van der Waals surface area contributed by atoms with Gasteiger partial charge in [0.05, 0.1) is 5.69 Å². The van der Waals surface area contributed by atoms with Crippen LogP contribution in [0.2, 0.25) is 0 Å². The minimum absolute atomic E-state index is 0.0260. The van der Waals surface area contributed by atoms with Crippen LogP contribution in [0.3, 0.4) is 0 Å². The van der Waals surface area contributed by atoms with Crippen molar-refractivity contribution >= 4 is 5.91 Å². The van der Waals surface area contributed by atoms with Gasteiger partial charge in [-0.15, -0.1) is 6.58 Å². The molecule has 4 nitrogen and oxygen atoms in total. The molecule has 0 saturated heterocycles. The smallest absolute Gasteiger partial charge is 0.222 e.